The van der Waals surface area contributed by atoms with Crippen LogP contribution in [0.2, 0.25) is 0 Å². The van der Waals surface area contributed by atoms with Gasteiger partial charge in [0.2, 0.25) is 5.91 Å². The van der Waals surface area contributed by atoms with Gasteiger partial charge in [0.25, 0.3) is 0 Å². The number of amides is 1. The minimum atomic E-state index is -0.584. The van der Waals surface area contributed by atoms with Crippen molar-refractivity contribution in [2.75, 3.05) is 26.2 Å². The summed E-state index contributed by atoms with van der Waals surface area (Å²) in [5, 5.41) is 3.90. The molecule has 8 heteroatoms. The molecule has 2 N–H and O–H groups in total. The first kappa shape index (κ1) is 21.4. The van der Waals surface area contributed by atoms with Gasteiger partial charge >= 0.3 is 0 Å². The van der Waals surface area contributed by atoms with E-state index in [1.165, 1.54) is 0 Å². The second-order valence-electron chi connectivity index (χ2n) is 5.92. The average molecular weight is 387 g/mol. The maximum absolute atomic E-state index is 12.5. The summed E-state index contributed by atoms with van der Waals surface area (Å²) in [5.41, 5.74) is 7.85. The van der Waals surface area contributed by atoms with Crippen LogP contribution in [0.5, 0.6) is 0 Å². The van der Waals surface area contributed by atoms with Gasteiger partial charge in [0.15, 0.2) is 5.76 Å². The molecule has 0 aliphatic carbocycles. The predicted molar refractivity (Wildman–Crippen MR) is 101 cm³/mol. The fourth-order valence-corrected chi connectivity index (χ4v) is 2.84. The van der Waals surface area contributed by atoms with Gasteiger partial charge in [-0.1, -0.05) is 35.5 Å². The lowest BCUT2D eigenvalue weighted by Crippen LogP contribution is -2.50. The molecule has 6 nitrogen and oxygen atoms in total. The smallest absolute Gasteiger partial charge is 0.244 e. The minimum absolute atomic E-state index is 0. The fourth-order valence-electron chi connectivity index (χ4n) is 2.84. The molecule has 0 bridgehead atoms. The number of piperazine rings is 1. The van der Waals surface area contributed by atoms with Gasteiger partial charge in [-0.05, 0) is 12.5 Å². The highest BCUT2D eigenvalue weighted by molar-refractivity contribution is 5.85. The Morgan fingerprint density at radius 3 is 2.40 bits per heavy atom. The topological polar surface area (TPSA) is 75.6 Å². The molecule has 0 saturated carbocycles. The zero-order valence-corrected chi connectivity index (χ0v) is 15.8. The van der Waals surface area contributed by atoms with Crippen LogP contribution in [0, 0.1) is 6.92 Å². The first-order chi connectivity index (χ1) is 11.1. The normalized spacial score (nSPS) is 15.8. The third-order valence-electron chi connectivity index (χ3n) is 4.16. The molecule has 0 spiro atoms. The average Bonchev–Trinajstić information content (AvgIpc) is 3.00. The van der Waals surface area contributed by atoms with Crippen LogP contribution in [0.1, 0.15) is 23.1 Å². The molecule has 1 aliphatic rings. The number of aromatic nitrogens is 1. The molecule has 1 aromatic carbocycles. The van der Waals surface area contributed by atoms with E-state index in [1.54, 1.807) is 0 Å². The van der Waals surface area contributed by atoms with Gasteiger partial charge in [-0.15, -0.1) is 24.8 Å². The third-order valence-corrected chi connectivity index (χ3v) is 4.16. The van der Waals surface area contributed by atoms with Crippen molar-refractivity contribution >= 4 is 30.7 Å². The number of hydrogen-bond acceptors (Lipinski definition) is 5. The summed E-state index contributed by atoms with van der Waals surface area (Å²) in [5.74, 6) is 0.856. The number of benzene rings is 1. The molecule has 2 heterocycles. The molecule has 25 heavy (non-hydrogen) atoms. The van der Waals surface area contributed by atoms with Crippen molar-refractivity contribution in [2.45, 2.75) is 19.5 Å². The number of carbonyl (C=O) groups is 1. The van der Waals surface area contributed by atoms with Crippen LogP contribution < -0.4 is 5.73 Å². The van der Waals surface area contributed by atoms with Crippen molar-refractivity contribution in [3.05, 3.63) is 53.4 Å². The van der Waals surface area contributed by atoms with E-state index in [0.717, 1.165) is 36.7 Å². The highest BCUT2D eigenvalue weighted by Crippen LogP contribution is 2.15. The minimum Gasteiger partial charge on any atom is -0.360 e. The Morgan fingerprint density at radius 1 is 1.20 bits per heavy atom. The third kappa shape index (κ3) is 5.44. The van der Waals surface area contributed by atoms with Gasteiger partial charge in [0, 0.05) is 32.2 Å². The molecule has 0 radical (unpaired) electrons. The first-order valence-electron chi connectivity index (χ1n) is 7.87. The Bertz CT molecular complexity index is 658. The second kappa shape index (κ2) is 9.77. The van der Waals surface area contributed by atoms with Crippen molar-refractivity contribution in [3.63, 3.8) is 0 Å². The number of nitrogens with zero attached hydrogens (tertiary/aromatic N) is 3. The van der Waals surface area contributed by atoms with E-state index in [9.17, 15) is 4.79 Å². The summed E-state index contributed by atoms with van der Waals surface area (Å²) in [4.78, 5) is 16.6. The van der Waals surface area contributed by atoms with Crippen LogP contribution in [0.25, 0.3) is 0 Å². The Morgan fingerprint density at radius 2 is 1.84 bits per heavy atom. The van der Waals surface area contributed by atoms with Gasteiger partial charge in [-0.3, -0.25) is 9.69 Å². The number of nitrogens with two attached hydrogens (primary N) is 1. The van der Waals surface area contributed by atoms with E-state index in [2.05, 4.69) is 10.1 Å². The van der Waals surface area contributed by atoms with Gasteiger partial charge in [0.05, 0.1) is 12.2 Å². The van der Waals surface area contributed by atoms with Crippen LogP contribution in [0.3, 0.4) is 0 Å². The van der Waals surface area contributed by atoms with E-state index >= 15 is 0 Å². The van der Waals surface area contributed by atoms with E-state index in [1.807, 2.05) is 48.2 Å². The number of halogens is 2. The highest BCUT2D eigenvalue weighted by atomic mass is 35.5. The fraction of sp³-hybridized carbons (Fsp3) is 0.412. The lowest BCUT2D eigenvalue weighted by atomic mass is 10.1. The van der Waals surface area contributed by atoms with Crippen molar-refractivity contribution < 1.29 is 9.32 Å². The van der Waals surface area contributed by atoms with Crippen LogP contribution >= 0.6 is 24.8 Å². The number of aryl methyl sites for hydroxylation is 1. The van der Waals surface area contributed by atoms with E-state index < -0.39 is 6.04 Å². The first-order valence-corrected chi connectivity index (χ1v) is 7.87. The SMILES string of the molecule is Cc1cc(CN2CCN(C(=O)C(N)c3ccccc3)CC2)on1.Cl.Cl. The van der Waals surface area contributed by atoms with Gasteiger partial charge < -0.3 is 15.2 Å². The van der Waals surface area contributed by atoms with Crippen molar-refractivity contribution in [1.82, 2.24) is 15.0 Å². The van der Waals surface area contributed by atoms with Gasteiger partial charge in [-0.2, -0.15) is 0 Å². The van der Waals surface area contributed by atoms with Crippen LogP contribution in [-0.4, -0.2) is 47.0 Å². The molecule has 138 valence electrons. The summed E-state index contributed by atoms with van der Waals surface area (Å²) in [7, 11) is 0. The standard InChI is InChI=1S/C17H22N4O2.2ClH/c1-13-11-15(23-19-13)12-20-7-9-21(10-8-20)17(22)16(18)14-5-3-2-4-6-14;;/h2-6,11,16H,7-10,12,18H2,1H3;2*1H. The lowest BCUT2D eigenvalue weighted by molar-refractivity contribution is -0.134. The molecular weight excluding hydrogens is 363 g/mol. The largest absolute Gasteiger partial charge is 0.360 e. The summed E-state index contributed by atoms with van der Waals surface area (Å²) in [6.07, 6.45) is 0. The van der Waals surface area contributed by atoms with E-state index in [-0.39, 0.29) is 30.7 Å². The van der Waals surface area contributed by atoms with Crippen LogP contribution in [-0.2, 0) is 11.3 Å². The van der Waals surface area contributed by atoms with Crippen LogP contribution in [0.15, 0.2) is 40.9 Å². The second-order valence-corrected chi connectivity index (χ2v) is 5.92. The Kier molecular flexibility index (Phi) is 8.38. The molecule has 1 atom stereocenters. The van der Waals surface area contributed by atoms with Crippen LogP contribution in [0.4, 0.5) is 0 Å². The zero-order chi connectivity index (χ0) is 16.2. The number of rotatable bonds is 4. The molecule has 1 unspecified atom stereocenters. The summed E-state index contributed by atoms with van der Waals surface area (Å²) in [6.45, 7) is 5.64. The van der Waals surface area contributed by atoms with E-state index in [0.29, 0.717) is 13.1 Å². The molecule has 1 fully saturated rings. The number of carbonyl (C=O) groups excluding carboxylic acids is 1. The van der Waals surface area contributed by atoms with Gasteiger partial charge in [0.1, 0.15) is 6.04 Å². The Labute approximate surface area is 160 Å². The summed E-state index contributed by atoms with van der Waals surface area (Å²) < 4.78 is 5.25. The Hall–Kier alpha value is -1.60. The summed E-state index contributed by atoms with van der Waals surface area (Å²) >= 11 is 0. The molecule has 3 rings (SSSR count). The number of hydrogen-bond donors (Lipinski definition) is 1. The Balaban J connectivity index is 0.00000156. The quantitative estimate of drug-likeness (QED) is 0.870. The van der Waals surface area contributed by atoms with Crippen molar-refractivity contribution in [2.24, 2.45) is 5.73 Å². The molecular formula is C17H24Cl2N4O2. The lowest BCUT2D eigenvalue weighted by Gasteiger charge is -2.35. The molecule has 1 amide bonds. The maximum atomic E-state index is 12.5. The molecule has 2 aromatic rings. The highest BCUT2D eigenvalue weighted by Gasteiger charge is 2.26. The predicted octanol–water partition coefficient (Wildman–Crippen LogP) is 2.17. The molecule has 1 aliphatic heterocycles. The zero-order valence-electron chi connectivity index (χ0n) is 14.1. The monoisotopic (exact) mass is 386 g/mol. The van der Waals surface area contributed by atoms with Crippen molar-refractivity contribution in [1.29, 1.82) is 0 Å². The van der Waals surface area contributed by atoms with Gasteiger partial charge in [-0.25, -0.2) is 0 Å². The van der Waals surface area contributed by atoms with Crippen molar-refractivity contribution in [3.8, 4) is 0 Å². The summed E-state index contributed by atoms with van der Waals surface area (Å²) in [6, 6.07) is 10.9. The van der Waals surface area contributed by atoms with E-state index in [4.69, 9.17) is 10.3 Å². The molecule has 1 aromatic heterocycles. The maximum Gasteiger partial charge on any atom is 0.244 e. The molecule has 1 saturated heterocycles.